The molecule has 2 aliphatic rings. The average Bonchev–Trinajstić information content (AvgIpc) is 3.53. The molecule has 3 nitrogen and oxygen atoms in total. The minimum atomic E-state index is -0.607. The smallest absolute Gasteiger partial charge is 0.185 e. The minimum Gasteiger partial charge on any atom is -0.305 e. The van der Waals surface area contributed by atoms with Crippen molar-refractivity contribution in [3.8, 4) is 10.7 Å². The SMILES string of the molecule is CC(C)(C)C1=CC2(C=C(C(C)(C)C)C1=O)c1ccsc1-c1nc3c4ccccc4c4ccccc4c3n12. The summed E-state index contributed by atoms with van der Waals surface area (Å²) in [6, 6.07) is 19.5. The Morgan fingerprint density at radius 3 is 1.89 bits per heavy atom. The minimum absolute atomic E-state index is 0.163. The Morgan fingerprint density at radius 2 is 1.30 bits per heavy atom. The molecular weight excluding hydrogens is 472 g/mol. The van der Waals surface area contributed by atoms with E-state index in [0.717, 1.165) is 28.0 Å². The summed E-state index contributed by atoms with van der Waals surface area (Å²) in [6.45, 7) is 12.9. The monoisotopic (exact) mass is 502 g/mol. The lowest BCUT2D eigenvalue weighted by Crippen LogP contribution is -2.38. The van der Waals surface area contributed by atoms with E-state index in [2.05, 4.69) is 118 Å². The molecule has 0 radical (unpaired) electrons. The number of nitrogens with zero attached hydrogens (tertiary/aromatic N) is 2. The Morgan fingerprint density at radius 1 is 0.757 bits per heavy atom. The fraction of sp³-hybridized carbons (Fsp3) is 0.273. The van der Waals surface area contributed by atoms with Crippen LogP contribution in [0.3, 0.4) is 0 Å². The summed E-state index contributed by atoms with van der Waals surface area (Å²) >= 11 is 1.74. The van der Waals surface area contributed by atoms with E-state index in [1.807, 2.05) is 0 Å². The number of benzene rings is 3. The van der Waals surface area contributed by atoms with Crippen LogP contribution in [0.4, 0.5) is 0 Å². The maximum Gasteiger partial charge on any atom is 0.185 e. The molecule has 0 atom stereocenters. The second-order valence-corrected chi connectivity index (χ2v) is 13.4. The first-order valence-corrected chi connectivity index (χ1v) is 13.8. The molecule has 7 rings (SSSR count). The summed E-state index contributed by atoms with van der Waals surface area (Å²) in [7, 11) is 0. The van der Waals surface area contributed by atoms with E-state index in [4.69, 9.17) is 4.98 Å². The van der Waals surface area contributed by atoms with Crippen LogP contribution in [0.1, 0.15) is 47.1 Å². The van der Waals surface area contributed by atoms with Gasteiger partial charge in [0.15, 0.2) is 11.6 Å². The fourth-order valence-electron chi connectivity index (χ4n) is 6.29. The van der Waals surface area contributed by atoms with Crippen molar-refractivity contribution in [3.05, 3.63) is 88.8 Å². The highest BCUT2D eigenvalue weighted by molar-refractivity contribution is 7.13. The lowest BCUT2D eigenvalue weighted by atomic mass is 9.68. The Labute approximate surface area is 221 Å². The van der Waals surface area contributed by atoms with Crippen molar-refractivity contribution in [1.82, 2.24) is 9.55 Å². The number of rotatable bonds is 0. The molecule has 0 amide bonds. The van der Waals surface area contributed by atoms with Crippen LogP contribution in [-0.4, -0.2) is 15.3 Å². The Kier molecular flexibility index (Phi) is 4.34. The van der Waals surface area contributed by atoms with Crippen molar-refractivity contribution in [3.63, 3.8) is 0 Å². The molecule has 3 aromatic carbocycles. The first-order valence-electron chi connectivity index (χ1n) is 12.9. The number of allylic oxidation sites excluding steroid dienone is 4. The van der Waals surface area contributed by atoms with Gasteiger partial charge in [0.25, 0.3) is 0 Å². The molecule has 0 N–H and O–H groups in total. The molecule has 0 saturated heterocycles. The summed E-state index contributed by atoms with van der Waals surface area (Å²) in [5.74, 6) is 1.15. The predicted molar refractivity (Wildman–Crippen MR) is 155 cm³/mol. The summed E-state index contributed by atoms with van der Waals surface area (Å²) in [4.78, 5) is 20.5. The number of imidazole rings is 1. The Bertz CT molecular complexity index is 1830. The van der Waals surface area contributed by atoms with E-state index >= 15 is 0 Å². The normalized spacial score (nSPS) is 17.0. The molecule has 3 heterocycles. The third-order valence-corrected chi connectivity index (χ3v) is 8.95. The van der Waals surface area contributed by atoms with Gasteiger partial charge >= 0.3 is 0 Å². The second-order valence-electron chi connectivity index (χ2n) is 12.5. The second kappa shape index (κ2) is 7.08. The quantitative estimate of drug-likeness (QED) is 0.199. The maximum absolute atomic E-state index is 14.0. The lowest BCUT2D eigenvalue weighted by molar-refractivity contribution is -0.114. The lowest BCUT2D eigenvalue weighted by Gasteiger charge is -2.39. The fourth-order valence-corrected chi connectivity index (χ4v) is 7.23. The molecule has 1 spiro atoms. The summed E-state index contributed by atoms with van der Waals surface area (Å²) in [6.07, 6.45) is 4.50. The van der Waals surface area contributed by atoms with Crippen molar-refractivity contribution in [2.45, 2.75) is 47.1 Å². The zero-order chi connectivity index (χ0) is 25.9. The third kappa shape index (κ3) is 2.88. The van der Waals surface area contributed by atoms with Gasteiger partial charge in [0, 0.05) is 27.5 Å². The molecule has 4 heteroatoms. The molecule has 0 bridgehead atoms. The number of hydrogen-bond acceptors (Lipinski definition) is 3. The highest BCUT2D eigenvalue weighted by atomic mass is 32.1. The number of Topliss-reactive ketones (excluding diaryl/α,β-unsaturated/α-hetero) is 1. The van der Waals surface area contributed by atoms with Crippen LogP contribution in [0, 0.1) is 10.8 Å². The molecule has 184 valence electrons. The molecule has 37 heavy (non-hydrogen) atoms. The van der Waals surface area contributed by atoms with Gasteiger partial charge < -0.3 is 4.57 Å². The van der Waals surface area contributed by atoms with Crippen molar-refractivity contribution in [2.24, 2.45) is 10.8 Å². The Balaban J connectivity index is 1.73. The van der Waals surface area contributed by atoms with Gasteiger partial charge in [-0.25, -0.2) is 4.98 Å². The molecule has 1 aliphatic carbocycles. The van der Waals surface area contributed by atoms with Crippen LogP contribution >= 0.6 is 11.3 Å². The average molecular weight is 503 g/mol. The molecule has 0 unspecified atom stereocenters. The van der Waals surface area contributed by atoms with Gasteiger partial charge in [0.2, 0.25) is 0 Å². The zero-order valence-electron chi connectivity index (χ0n) is 22.1. The summed E-state index contributed by atoms with van der Waals surface area (Å²) in [5.41, 5.74) is 3.93. The number of ketones is 1. The number of fused-ring (bicyclic) bond motifs is 12. The Hall–Kier alpha value is -3.50. The van der Waals surface area contributed by atoms with Crippen molar-refractivity contribution >= 4 is 49.7 Å². The van der Waals surface area contributed by atoms with Crippen LogP contribution < -0.4 is 0 Å². The van der Waals surface area contributed by atoms with Crippen LogP contribution in [-0.2, 0) is 10.3 Å². The van der Waals surface area contributed by atoms with Gasteiger partial charge in [-0.15, -0.1) is 11.3 Å². The van der Waals surface area contributed by atoms with Gasteiger partial charge in [-0.3, -0.25) is 4.79 Å². The molecule has 0 fully saturated rings. The molecule has 0 saturated carbocycles. The first kappa shape index (κ1) is 22.7. The van der Waals surface area contributed by atoms with Crippen LogP contribution in [0.25, 0.3) is 43.3 Å². The van der Waals surface area contributed by atoms with Crippen molar-refractivity contribution in [2.75, 3.05) is 0 Å². The predicted octanol–water partition coefficient (Wildman–Crippen LogP) is 8.66. The van der Waals surface area contributed by atoms with Gasteiger partial charge in [-0.1, -0.05) is 90.1 Å². The highest BCUT2D eigenvalue weighted by Gasteiger charge is 2.49. The number of carbonyl (C=O) groups is 1. The number of thiophene rings is 1. The molecule has 2 aromatic heterocycles. The van der Waals surface area contributed by atoms with Gasteiger partial charge in [0.1, 0.15) is 5.54 Å². The number of hydrogen-bond donors (Lipinski definition) is 0. The third-order valence-electron chi connectivity index (χ3n) is 8.04. The van der Waals surface area contributed by atoms with E-state index in [1.54, 1.807) is 11.3 Å². The maximum atomic E-state index is 14.0. The van der Waals surface area contributed by atoms with Crippen LogP contribution in [0.5, 0.6) is 0 Å². The number of aromatic nitrogens is 2. The van der Waals surface area contributed by atoms with Gasteiger partial charge in [0.05, 0.1) is 15.9 Å². The van der Waals surface area contributed by atoms with Crippen LogP contribution in [0.2, 0.25) is 0 Å². The van der Waals surface area contributed by atoms with Crippen molar-refractivity contribution in [1.29, 1.82) is 0 Å². The van der Waals surface area contributed by atoms with E-state index in [9.17, 15) is 4.79 Å². The highest BCUT2D eigenvalue weighted by Crippen LogP contribution is 2.55. The van der Waals surface area contributed by atoms with Gasteiger partial charge in [-0.2, -0.15) is 0 Å². The zero-order valence-corrected chi connectivity index (χ0v) is 23.0. The standard InChI is InChI=1S/C33H30N2OS/c1-31(2,3)24-17-33(18-25(28(24)36)32(4,5)6)23-15-16-37-29(23)30-34-26-21-13-9-7-11-19(21)20-12-8-10-14-22(20)27(26)35(30)33/h7-18H,1-6H3. The van der Waals surface area contributed by atoms with E-state index in [-0.39, 0.29) is 16.6 Å². The molecule has 1 aliphatic heterocycles. The van der Waals surface area contributed by atoms with Gasteiger partial charge in [-0.05, 0) is 45.2 Å². The van der Waals surface area contributed by atoms with E-state index in [1.165, 1.54) is 32.0 Å². The summed E-state index contributed by atoms with van der Waals surface area (Å²) < 4.78 is 2.43. The number of carbonyl (C=O) groups excluding carboxylic acids is 1. The van der Waals surface area contributed by atoms with Crippen LogP contribution in [0.15, 0.2) is 83.3 Å². The first-order chi connectivity index (χ1) is 17.5. The summed E-state index contributed by atoms with van der Waals surface area (Å²) in [5, 5.41) is 6.97. The topological polar surface area (TPSA) is 34.9 Å². The van der Waals surface area contributed by atoms with E-state index < -0.39 is 5.54 Å². The van der Waals surface area contributed by atoms with E-state index in [0.29, 0.717) is 0 Å². The largest absolute Gasteiger partial charge is 0.305 e. The van der Waals surface area contributed by atoms with Crippen molar-refractivity contribution < 1.29 is 4.79 Å². The molecule has 5 aromatic rings. The molecular formula is C33H30N2OS.